The van der Waals surface area contributed by atoms with Crippen LogP contribution in [0.2, 0.25) is 0 Å². The molecule has 0 rings (SSSR count). The second kappa shape index (κ2) is 7.58. The van der Waals surface area contributed by atoms with E-state index in [9.17, 15) is 9.59 Å². The maximum absolute atomic E-state index is 10.8. The maximum atomic E-state index is 10.8. The molecule has 4 nitrogen and oxygen atoms in total. The van der Waals surface area contributed by atoms with Gasteiger partial charge in [-0.25, -0.2) is 0 Å². The number of carbonyl (C=O) groups excluding carboxylic acids is 2. The topological polar surface area (TPSA) is 52.6 Å². The zero-order chi connectivity index (χ0) is 13.6. The van der Waals surface area contributed by atoms with Crippen LogP contribution in [0.25, 0.3) is 0 Å². The molecule has 0 aromatic carbocycles. The average molecular weight is 477 g/mol. The minimum atomic E-state index is -3.54. The van der Waals surface area contributed by atoms with E-state index in [0.717, 1.165) is 0 Å². The van der Waals surface area contributed by atoms with Gasteiger partial charge in [0.15, 0.2) is 0 Å². The summed E-state index contributed by atoms with van der Waals surface area (Å²) in [5.41, 5.74) is 0. The van der Waals surface area contributed by atoms with Crippen molar-refractivity contribution in [2.75, 3.05) is 0 Å². The quantitative estimate of drug-likeness (QED) is 0.336. The molecule has 0 radical (unpaired) electrons. The molecule has 0 aliphatic heterocycles. The van der Waals surface area contributed by atoms with Crippen LogP contribution >= 0.6 is 25.4 Å². The first-order valence-corrected chi connectivity index (χ1v) is 19.9. The Morgan fingerprint density at radius 3 is 1.41 bits per heavy atom. The van der Waals surface area contributed by atoms with Gasteiger partial charge in [-0.15, -0.1) is 0 Å². The first-order valence-electron chi connectivity index (χ1n) is 4.76. The third-order valence-corrected chi connectivity index (χ3v) is 8.91. The van der Waals surface area contributed by atoms with Gasteiger partial charge < -0.3 is 0 Å². The van der Waals surface area contributed by atoms with Gasteiger partial charge in [0.2, 0.25) is 0 Å². The molecule has 0 saturated heterocycles. The number of carbonyl (C=O) groups is 2. The molecule has 0 aromatic heterocycles. The second-order valence-electron chi connectivity index (χ2n) is 3.40. The molecule has 0 atom stereocenters. The summed E-state index contributed by atoms with van der Waals surface area (Å²) in [5.74, 6) is 0.747. The van der Waals surface area contributed by atoms with E-state index < -0.39 is 14.8 Å². The molecule has 0 N–H and O–H groups in total. The minimum absolute atomic E-state index is 0.0967. The standard InChI is InChI=1S/2C5H8O2.2BrH.Sn/c2*1-4(6)3-5(2)7;;;/h2*3,6H,1-2H3;2*1H;/q;;;;+4/p-4/b4-3+;4-3-;;;. The Bertz CT molecular complexity index is 341. The van der Waals surface area contributed by atoms with Crippen LogP contribution in [0.3, 0.4) is 0 Å². The summed E-state index contributed by atoms with van der Waals surface area (Å²) in [7, 11) is 0. The summed E-state index contributed by atoms with van der Waals surface area (Å²) in [4.78, 5) is 21.7. The van der Waals surface area contributed by atoms with E-state index >= 15 is 0 Å². The molecule has 0 aliphatic rings. The molecule has 0 heterocycles. The Kier molecular flexibility index (Phi) is 7.66. The molecular weight excluding hydrogens is 463 g/mol. The summed E-state index contributed by atoms with van der Waals surface area (Å²) in [6.45, 7) is 6.22. The average Bonchev–Trinajstić information content (AvgIpc) is 1.95. The number of halogens is 2. The summed E-state index contributed by atoms with van der Waals surface area (Å²) >= 11 is 3.15. The van der Waals surface area contributed by atoms with Crippen molar-refractivity contribution in [3.05, 3.63) is 23.7 Å². The first-order chi connectivity index (χ1) is 7.62. The van der Waals surface area contributed by atoms with Crippen molar-refractivity contribution in [3.8, 4) is 0 Å². The molecule has 96 valence electrons. The van der Waals surface area contributed by atoms with Gasteiger partial charge in [0.1, 0.15) is 0 Å². The molecule has 7 heteroatoms. The van der Waals surface area contributed by atoms with Crippen molar-refractivity contribution in [3.63, 3.8) is 0 Å². The van der Waals surface area contributed by atoms with Crippen LogP contribution < -0.4 is 0 Å². The first kappa shape index (κ1) is 17.2. The molecular formula is C10H14Br2O4Sn. The van der Waals surface area contributed by atoms with E-state index in [1.165, 1.54) is 26.0 Å². The SMILES string of the molecule is CC(=O)/C=C(/C)[O][Sn]([Br])([Br])[O]/C(C)=C/C(C)=O. The molecule has 0 unspecified atom stereocenters. The van der Waals surface area contributed by atoms with Crippen molar-refractivity contribution in [1.82, 2.24) is 0 Å². The molecule has 0 aromatic rings. The van der Waals surface area contributed by atoms with Crippen LogP contribution in [0.1, 0.15) is 27.7 Å². The third kappa shape index (κ3) is 9.84. The van der Waals surface area contributed by atoms with E-state index in [-0.39, 0.29) is 11.6 Å². The fourth-order valence-corrected chi connectivity index (χ4v) is 10.5. The van der Waals surface area contributed by atoms with Crippen LogP contribution in [0.15, 0.2) is 23.7 Å². The van der Waals surface area contributed by atoms with Gasteiger partial charge in [0, 0.05) is 0 Å². The van der Waals surface area contributed by atoms with Crippen LogP contribution in [-0.4, -0.2) is 26.3 Å². The van der Waals surface area contributed by atoms with Crippen molar-refractivity contribution >= 4 is 51.7 Å². The molecule has 0 aliphatic carbocycles. The Hall–Kier alpha value is 0.179. The zero-order valence-corrected chi connectivity index (χ0v) is 16.1. The van der Waals surface area contributed by atoms with Gasteiger partial charge in [-0.05, 0) is 0 Å². The predicted octanol–water partition coefficient (Wildman–Crippen LogP) is 3.23. The van der Waals surface area contributed by atoms with E-state index in [4.69, 9.17) is 6.15 Å². The molecule has 17 heavy (non-hydrogen) atoms. The van der Waals surface area contributed by atoms with Crippen LogP contribution in [0.5, 0.6) is 0 Å². The van der Waals surface area contributed by atoms with E-state index in [1.54, 1.807) is 13.8 Å². The summed E-state index contributed by atoms with van der Waals surface area (Å²) in [6.07, 6.45) is 2.75. The Morgan fingerprint density at radius 1 is 0.882 bits per heavy atom. The van der Waals surface area contributed by atoms with Crippen LogP contribution in [0, 0.1) is 0 Å². The van der Waals surface area contributed by atoms with Crippen molar-refractivity contribution in [2.24, 2.45) is 0 Å². The van der Waals surface area contributed by atoms with Crippen molar-refractivity contribution in [2.45, 2.75) is 27.7 Å². The summed E-state index contributed by atoms with van der Waals surface area (Å²) < 4.78 is 11.0. The van der Waals surface area contributed by atoms with Gasteiger partial charge in [-0.2, -0.15) is 0 Å². The predicted molar refractivity (Wildman–Crippen MR) is 74.7 cm³/mol. The van der Waals surface area contributed by atoms with Crippen molar-refractivity contribution < 1.29 is 15.7 Å². The summed E-state index contributed by atoms with van der Waals surface area (Å²) in [5, 5.41) is 0. The number of ketones is 2. The molecule has 0 bridgehead atoms. The van der Waals surface area contributed by atoms with Gasteiger partial charge in [0.25, 0.3) is 0 Å². The molecule has 0 amide bonds. The number of hydrogen-bond acceptors (Lipinski definition) is 4. The third-order valence-electron chi connectivity index (χ3n) is 1.37. The Morgan fingerprint density at radius 2 is 1.18 bits per heavy atom. The molecule has 0 saturated carbocycles. The zero-order valence-electron chi connectivity index (χ0n) is 10.0. The Balaban J connectivity index is 4.59. The summed E-state index contributed by atoms with van der Waals surface area (Å²) in [6, 6.07) is 0. The van der Waals surface area contributed by atoms with Gasteiger partial charge in [-0.1, -0.05) is 0 Å². The fourth-order valence-electron chi connectivity index (χ4n) is 1.03. The molecule has 0 fully saturated rings. The normalized spacial score (nSPS) is 13.3. The number of rotatable bonds is 6. The van der Waals surface area contributed by atoms with Gasteiger partial charge in [-0.3, -0.25) is 0 Å². The van der Waals surface area contributed by atoms with Crippen LogP contribution in [0.4, 0.5) is 0 Å². The van der Waals surface area contributed by atoms with Crippen LogP contribution in [-0.2, 0) is 15.7 Å². The van der Waals surface area contributed by atoms with Gasteiger partial charge in [0.05, 0.1) is 0 Å². The number of hydrogen-bond donors (Lipinski definition) is 0. The number of allylic oxidation sites excluding steroid dienone is 4. The fraction of sp³-hybridized carbons (Fsp3) is 0.400. The van der Waals surface area contributed by atoms with E-state index in [1.807, 2.05) is 0 Å². The van der Waals surface area contributed by atoms with E-state index in [0.29, 0.717) is 11.5 Å². The van der Waals surface area contributed by atoms with Gasteiger partial charge >= 0.3 is 119 Å². The van der Waals surface area contributed by atoms with E-state index in [2.05, 4.69) is 25.4 Å². The monoisotopic (exact) mass is 476 g/mol. The molecule has 0 spiro atoms. The Labute approximate surface area is 118 Å². The second-order valence-corrected chi connectivity index (χ2v) is 28.4. The van der Waals surface area contributed by atoms with Crippen molar-refractivity contribution in [1.29, 1.82) is 0 Å².